The Labute approximate surface area is 105 Å². The Bertz CT molecular complexity index is 471. The van der Waals surface area contributed by atoms with Crippen molar-refractivity contribution in [2.75, 3.05) is 14.2 Å². The SMILES string of the molecule is COC(=O)[SH]1c2cc(Cl)sc2C(O)=CN1C. The van der Waals surface area contributed by atoms with Crippen molar-refractivity contribution in [2.24, 2.45) is 0 Å². The zero-order valence-corrected chi connectivity index (χ0v) is 11.1. The van der Waals surface area contributed by atoms with Gasteiger partial charge in [0.25, 0.3) is 0 Å². The third-order valence-electron chi connectivity index (χ3n) is 2.12. The maximum Gasteiger partial charge on any atom is 0.368 e. The van der Waals surface area contributed by atoms with E-state index in [0.29, 0.717) is 9.21 Å². The molecule has 88 valence electrons. The number of aliphatic hydroxyl groups excluding tert-OH is 1. The van der Waals surface area contributed by atoms with Crippen molar-refractivity contribution >= 4 is 45.1 Å². The summed E-state index contributed by atoms with van der Waals surface area (Å²) in [5, 5.41) is 9.44. The average Bonchev–Trinajstić information content (AvgIpc) is 2.59. The van der Waals surface area contributed by atoms with Gasteiger partial charge in [-0.2, -0.15) is 0 Å². The maximum atomic E-state index is 11.7. The number of halogens is 1. The number of methoxy groups -OCH3 is 1. The Kier molecular flexibility index (Phi) is 3.05. The minimum absolute atomic E-state index is 0.136. The largest absolute Gasteiger partial charge is 0.505 e. The third-order valence-corrected chi connectivity index (χ3v) is 5.64. The number of hydrogen-bond acceptors (Lipinski definition) is 5. The van der Waals surface area contributed by atoms with Crippen LogP contribution in [0.15, 0.2) is 17.2 Å². The predicted molar refractivity (Wildman–Crippen MR) is 67.4 cm³/mol. The summed E-state index contributed by atoms with van der Waals surface area (Å²) in [6, 6.07) is 1.71. The van der Waals surface area contributed by atoms with Crippen LogP contribution in [0.4, 0.5) is 4.79 Å². The van der Waals surface area contributed by atoms with E-state index in [4.69, 9.17) is 16.3 Å². The minimum Gasteiger partial charge on any atom is -0.505 e. The van der Waals surface area contributed by atoms with E-state index < -0.39 is 11.1 Å². The Morgan fingerprint density at radius 3 is 3.00 bits per heavy atom. The summed E-state index contributed by atoms with van der Waals surface area (Å²) in [6.07, 6.45) is 1.53. The molecule has 0 fully saturated rings. The van der Waals surface area contributed by atoms with Gasteiger partial charge >= 0.3 is 5.30 Å². The Morgan fingerprint density at radius 2 is 2.38 bits per heavy atom. The predicted octanol–water partition coefficient (Wildman–Crippen LogP) is 3.24. The van der Waals surface area contributed by atoms with Gasteiger partial charge < -0.3 is 14.1 Å². The van der Waals surface area contributed by atoms with Gasteiger partial charge in [-0.1, -0.05) is 22.7 Å². The molecular weight excluding hydrogens is 270 g/mol. The maximum absolute atomic E-state index is 11.7. The summed E-state index contributed by atoms with van der Waals surface area (Å²) in [6.45, 7) is 0. The minimum atomic E-state index is -1.25. The van der Waals surface area contributed by atoms with Crippen molar-refractivity contribution in [3.63, 3.8) is 0 Å². The lowest BCUT2D eigenvalue weighted by Crippen LogP contribution is -2.18. The van der Waals surface area contributed by atoms with Crippen LogP contribution in [-0.2, 0) is 4.74 Å². The highest BCUT2D eigenvalue weighted by Crippen LogP contribution is 2.51. The van der Waals surface area contributed by atoms with Crippen LogP contribution in [0.1, 0.15) is 4.88 Å². The van der Waals surface area contributed by atoms with Gasteiger partial charge in [0.2, 0.25) is 0 Å². The summed E-state index contributed by atoms with van der Waals surface area (Å²) in [5.74, 6) is 0.136. The Balaban J connectivity index is 2.52. The lowest BCUT2D eigenvalue weighted by atomic mass is 10.4. The molecule has 0 radical (unpaired) electrons. The molecular formula is C9H10ClNO3S2. The molecule has 0 saturated heterocycles. The molecule has 1 N–H and O–H groups in total. The molecule has 0 bridgehead atoms. The quantitative estimate of drug-likeness (QED) is 0.565. The number of carbonyl (C=O) groups is 1. The second-order valence-electron chi connectivity index (χ2n) is 3.13. The summed E-state index contributed by atoms with van der Waals surface area (Å²) in [5.41, 5.74) is 0. The van der Waals surface area contributed by atoms with E-state index in [1.54, 1.807) is 17.4 Å². The average molecular weight is 280 g/mol. The highest BCUT2D eigenvalue weighted by atomic mass is 35.5. The number of hydrogen-bond donors (Lipinski definition) is 2. The molecule has 1 aromatic rings. The van der Waals surface area contributed by atoms with Crippen LogP contribution >= 0.6 is 34.0 Å². The van der Waals surface area contributed by atoms with Crippen molar-refractivity contribution in [1.29, 1.82) is 0 Å². The highest BCUT2D eigenvalue weighted by Gasteiger charge is 2.30. The first-order chi connectivity index (χ1) is 7.54. The first kappa shape index (κ1) is 11.6. The molecule has 0 saturated carbocycles. The number of nitrogens with zero attached hydrogens (tertiary/aromatic N) is 1. The van der Waals surface area contributed by atoms with Crippen LogP contribution in [0.2, 0.25) is 4.34 Å². The molecule has 0 amide bonds. The first-order valence-electron chi connectivity index (χ1n) is 4.36. The molecule has 0 aliphatic carbocycles. The van der Waals surface area contributed by atoms with Gasteiger partial charge in [-0.15, -0.1) is 11.3 Å². The number of rotatable bonds is 0. The van der Waals surface area contributed by atoms with Crippen molar-refractivity contribution in [3.05, 3.63) is 21.5 Å². The lowest BCUT2D eigenvalue weighted by Gasteiger charge is -2.31. The fourth-order valence-corrected chi connectivity index (χ4v) is 4.81. The molecule has 0 spiro atoms. The molecule has 1 aliphatic rings. The molecule has 1 unspecified atom stereocenters. The van der Waals surface area contributed by atoms with Crippen LogP contribution in [-0.4, -0.2) is 28.9 Å². The number of carbonyl (C=O) groups excluding carboxylic acids is 1. The van der Waals surface area contributed by atoms with Crippen LogP contribution in [0.25, 0.3) is 5.76 Å². The van der Waals surface area contributed by atoms with E-state index in [0.717, 1.165) is 4.90 Å². The second-order valence-corrected chi connectivity index (χ2v) is 6.92. The first-order valence-corrected chi connectivity index (χ1v) is 6.84. The summed E-state index contributed by atoms with van der Waals surface area (Å²) >= 11 is 5.90. The molecule has 1 atom stereocenters. The van der Waals surface area contributed by atoms with E-state index in [-0.39, 0.29) is 11.1 Å². The number of fused-ring (bicyclic) bond motifs is 1. The van der Waals surface area contributed by atoms with E-state index in [1.807, 2.05) is 0 Å². The fourth-order valence-electron chi connectivity index (χ4n) is 1.47. The molecule has 16 heavy (non-hydrogen) atoms. The zero-order valence-electron chi connectivity index (χ0n) is 8.60. The van der Waals surface area contributed by atoms with Gasteiger partial charge in [0.05, 0.1) is 22.5 Å². The van der Waals surface area contributed by atoms with Crippen molar-refractivity contribution < 1.29 is 14.6 Å². The van der Waals surface area contributed by atoms with Crippen LogP contribution in [0.3, 0.4) is 0 Å². The number of ether oxygens (including phenoxy) is 1. The van der Waals surface area contributed by atoms with Crippen LogP contribution < -0.4 is 0 Å². The van der Waals surface area contributed by atoms with Crippen LogP contribution in [0, 0.1) is 0 Å². The van der Waals surface area contributed by atoms with E-state index in [9.17, 15) is 9.90 Å². The molecule has 1 aromatic heterocycles. The number of thiophene rings is 1. The highest BCUT2D eigenvalue weighted by molar-refractivity contribution is 8.27. The van der Waals surface area contributed by atoms with Gasteiger partial charge in [-0.05, 0) is 6.07 Å². The van der Waals surface area contributed by atoms with E-state index in [1.165, 1.54) is 24.6 Å². The number of thiol groups is 1. The van der Waals surface area contributed by atoms with Gasteiger partial charge in [0.1, 0.15) is 0 Å². The van der Waals surface area contributed by atoms with Crippen molar-refractivity contribution in [1.82, 2.24) is 4.31 Å². The summed E-state index contributed by atoms with van der Waals surface area (Å²) in [7, 11) is 3.08. The zero-order chi connectivity index (χ0) is 11.9. The lowest BCUT2D eigenvalue weighted by molar-refractivity contribution is 0.199. The molecule has 1 aliphatic heterocycles. The van der Waals surface area contributed by atoms with Gasteiger partial charge in [0.15, 0.2) is 5.76 Å². The number of aliphatic hydroxyl groups is 1. The monoisotopic (exact) mass is 279 g/mol. The molecule has 0 aromatic carbocycles. The smallest absolute Gasteiger partial charge is 0.368 e. The second kappa shape index (κ2) is 4.20. The third kappa shape index (κ3) is 1.77. The Morgan fingerprint density at radius 1 is 1.69 bits per heavy atom. The molecule has 4 nitrogen and oxygen atoms in total. The topological polar surface area (TPSA) is 49.8 Å². The van der Waals surface area contributed by atoms with Gasteiger partial charge in [-0.25, -0.2) is 4.79 Å². The van der Waals surface area contributed by atoms with Crippen LogP contribution in [0.5, 0.6) is 0 Å². The van der Waals surface area contributed by atoms with Gasteiger partial charge in [-0.3, -0.25) is 0 Å². The fraction of sp³-hybridized carbons (Fsp3) is 0.222. The Hall–Kier alpha value is -0.850. The van der Waals surface area contributed by atoms with E-state index in [2.05, 4.69) is 0 Å². The molecule has 7 heteroatoms. The molecule has 2 heterocycles. The standard InChI is InChI=1S/C9H10ClNO3S2/c1-11-4-5(12)8-6(3-7(10)15-8)16(11)9(13)14-2/h3-4,12,16H,1-2H3. The molecule has 2 rings (SSSR count). The summed E-state index contributed by atoms with van der Waals surface area (Å²) in [4.78, 5) is 13.1. The summed E-state index contributed by atoms with van der Waals surface area (Å²) < 4.78 is 6.98. The normalized spacial score (nSPS) is 21.3. The van der Waals surface area contributed by atoms with Crippen molar-refractivity contribution in [2.45, 2.75) is 4.90 Å². The van der Waals surface area contributed by atoms with Gasteiger partial charge in [0, 0.05) is 11.9 Å². The van der Waals surface area contributed by atoms with E-state index >= 15 is 0 Å². The van der Waals surface area contributed by atoms with Crippen molar-refractivity contribution in [3.8, 4) is 0 Å².